The minimum atomic E-state index is -3.99. The Hall–Kier alpha value is -2.75. The number of nitrogens with zero attached hydrogens (tertiary/aromatic N) is 1. The van der Waals surface area contributed by atoms with Crippen LogP contribution in [0.25, 0.3) is 0 Å². The predicted molar refractivity (Wildman–Crippen MR) is 127 cm³/mol. The van der Waals surface area contributed by atoms with Gasteiger partial charge in [0.25, 0.3) is 0 Å². The van der Waals surface area contributed by atoms with E-state index in [1.807, 2.05) is 18.2 Å². The summed E-state index contributed by atoms with van der Waals surface area (Å²) in [5.41, 5.74) is 3.02. The summed E-state index contributed by atoms with van der Waals surface area (Å²) >= 11 is 5.88. The molecule has 2 aliphatic rings. The van der Waals surface area contributed by atoms with Crippen LogP contribution in [0.15, 0.2) is 47.4 Å². The largest absolute Gasteiger partial charge is 0.353 e. The second-order valence-corrected chi connectivity index (χ2v) is 10.8. The molecule has 1 aliphatic carbocycles. The van der Waals surface area contributed by atoms with Crippen molar-refractivity contribution in [3.8, 4) is 0 Å². The first-order chi connectivity index (χ1) is 16.3. The second-order valence-electron chi connectivity index (χ2n) is 8.50. The molecule has 2 aromatic rings. The number of aldehydes is 1. The lowest BCUT2D eigenvalue weighted by Gasteiger charge is -2.34. The molecular formula is C24H26ClN3O5S. The van der Waals surface area contributed by atoms with Crippen molar-refractivity contribution in [2.45, 2.75) is 49.1 Å². The Morgan fingerprint density at radius 2 is 1.97 bits per heavy atom. The topological polar surface area (TPSA) is 113 Å². The first-order valence-corrected chi connectivity index (χ1v) is 13.0. The molecule has 0 aromatic heterocycles. The number of carbonyl (C=O) groups excluding carboxylic acids is 3. The van der Waals surface area contributed by atoms with Crippen LogP contribution in [0.4, 0.5) is 0 Å². The molecule has 2 atom stereocenters. The molecule has 8 nitrogen and oxygen atoms in total. The van der Waals surface area contributed by atoms with Gasteiger partial charge in [-0.1, -0.05) is 29.8 Å². The van der Waals surface area contributed by atoms with Gasteiger partial charge in [0.15, 0.2) is 0 Å². The second kappa shape index (κ2) is 10.2. The van der Waals surface area contributed by atoms with Crippen LogP contribution in [0.3, 0.4) is 0 Å². The Morgan fingerprint density at radius 3 is 2.71 bits per heavy atom. The van der Waals surface area contributed by atoms with Crippen molar-refractivity contribution < 1.29 is 22.8 Å². The summed E-state index contributed by atoms with van der Waals surface area (Å²) < 4.78 is 27.5. The molecule has 34 heavy (non-hydrogen) atoms. The first-order valence-electron chi connectivity index (χ1n) is 11.2. The number of hydrogen-bond donors (Lipinski definition) is 2. The summed E-state index contributed by atoms with van der Waals surface area (Å²) in [6.45, 7) is 0.239. The van der Waals surface area contributed by atoms with Crippen molar-refractivity contribution in [2.24, 2.45) is 0 Å². The number of benzene rings is 2. The van der Waals surface area contributed by atoms with Gasteiger partial charge in [0.1, 0.15) is 12.3 Å². The van der Waals surface area contributed by atoms with E-state index in [2.05, 4.69) is 10.6 Å². The summed E-state index contributed by atoms with van der Waals surface area (Å²) in [7, 11) is -3.99. The van der Waals surface area contributed by atoms with Crippen molar-refractivity contribution in [1.29, 1.82) is 0 Å². The fraction of sp³-hybridized carbons (Fsp3) is 0.375. The molecule has 1 saturated heterocycles. The van der Waals surface area contributed by atoms with E-state index in [1.54, 1.807) is 0 Å². The smallest absolute Gasteiger partial charge is 0.243 e. The third-order valence-corrected chi connectivity index (χ3v) is 8.43. The lowest BCUT2D eigenvalue weighted by Crippen LogP contribution is -2.58. The molecule has 0 bridgehead atoms. The highest BCUT2D eigenvalue weighted by Gasteiger charge is 2.40. The minimum Gasteiger partial charge on any atom is -0.353 e. The van der Waals surface area contributed by atoms with E-state index in [0.29, 0.717) is 11.4 Å². The minimum absolute atomic E-state index is 0.0179. The molecule has 0 unspecified atom stereocenters. The highest BCUT2D eigenvalue weighted by molar-refractivity contribution is 7.89. The number of amides is 2. The normalized spacial score (nSPS) is 20.8. The van der Waals surface area contributed by atoms with Gasteiger partial charge in [0.05, 0.1) is 17.4 Å². The van der Waals surface area contributed by atoms with Crippen LogP contribution in [0.1, 0.15) is 42.0 Å². The van der Waals surface area contributed by atoms with Gasteiger partial charge >= 0.3 is 0 Å². The van der Waals surface area contributed by atoms with Crippen LogP contribution in [0.2, 0.25) is 5.02 Å². The van der Waals surface area contributed by atoms with E-state index in [1.165, 1.54) is 24.3 Å². The summed E-state index contributed by atoms with van der Waals surface area (Å²) in [6.07, 6.45) is 3.42. The van der Waals surface area contributed by atoms with Crippen molar-refractivity contribution >= 4 is 39.7 Å². The molecule has 1 fully saturated rings. The van der Waals surface area contributed by atoms with E-state index in [0.717, 1.165) is 46.5 Å². The van der Waals surface area contributed by atoms with Crippen molar-refractivity contribution in [3.63, 3.8) is 0 Å². The number of fused-ring (bicyclic) bond motifs is 1. The number of piperazine rings is 1. The van der Waals surface area contributed by atoms with Crippen LogP contribution in [0, 0.1) is 0 Å². The van der Waals surface area contributed by atoms with E-state index in [4.69, 9.17) is 11.6 Å². The molecule has 0 spiro atoms. The molecule has 2 N–H and O–H groups in total. The maximum absolute atomic E-state index is 13.2. The zero-order chi connectivity index (χ0) is 24.3. The van der Waals surface area contributed by atoms with E-state index < -0.39 is 27.9 Å². The number of aryl methyl sites for hydroxylation is 1. The standard InChI is InChI=1S/C24H26ClN3O5S/c25-18-5-7-19(8-6-18)34(32,33)28-12-11-26-24(31)22(28)15-23(30)27-21-3-1-2-17-14-16(10-13-29)4-9-20(17)21/h4-9,13-14,21-22H,1-3,10-12,15H2,(H,26,31)(H,27,30)/t21-,22-/m1/s1. The Kier molecular flexibility index (Phi) is 7.35. The molecule has 0 saturated carbocycles. The molecular weight excluding hydrogens is 478 g/mol. The monoisotopic (exact) mass is 503 g/mol. The van der Waals surface area contributed by atoms with Gasteiger partial charge in [-0.25, -0.2) is 8.42 Å². The van der Waals surface area contributed by atoms with Crippen molar-refractivity contribution in [3.05, 3.63) is 64.2 Å². The summed E-state index contributed by atoms with van der Waals surface area (Å²) in [5.74, 6) is -0.894. The van der Waals surface area contributed by atoms with E-state index in [9.17, 15) is 22.8 Å². The number of sulfonamides is 1. The SMILES string of the molecule is O=CCc1ccc2c(c1)CCC[C@H]2NC(=O)C[C@@H]1C(=O)NCCN1S(=O)(=O)c1ccc(Cl)cc1. The predicted octanol–water partition coefficient (Wildman–Crippen LogP) is 2.15. The zero-order valence-electron chi connectivity index (χ0n) is 18.5. The molecule has 0 radical (unpaired) electrons. The Labute approximate surface area is 203 Å². The zero-order valence-corrected chi connectivity index (χ0v) is 20.1. The Bertz CT molecular complexity index is 1200. The molecule has 4 rings (SSSR count). The maximum atomic E-state index is 13.2. The van der Waals surface area contributed by atoms with Gasteiger partial charge in [0.2, 0.25) is 21.8 Å². The van der Waals surface area contributed by atoms with Crippen LogP contribution >= 0.6 is 11.6 Å². The van der Waals surface area contributed by atoms with Gasteiger partial charge in [-0.2, -0.15) is 4.31 Å². The fourth-order valence-electron chi connectivity index (χ4n) is 4.59. The van der Waals surface area contributed by atoms with Gasteiger partial charge < -0.3 is 15.4 Å². The van der Waals surface area contributed by atoms with Crippen LogP contribution in [0.5, 0.6) is 0 Å². The summed E-state index contributed by atoms with van der Waals surface area (Å²) in [5, 5.41) is 6.05. The number of hydrogen-bond acceptors (Lipinski definition) is 5. The van der Waals surface area contributed by atoms with Crippen LogP contribution in [-0.4, -0.2) is 50.0 Å². The van der Waals surface area contributed by atoms with Gasteiger partial charge in [-0.15, -0.1) is 0 Å². The third kappa shape index (κ3) is 5.16. The third-order valence-electron chi connectivity index (χ3n) is 6.26. The van der Waals surface area contributed by atoms with Crippen molar-refractivity contribution in [1.82, 2.24) is 14.9 Å². The maximum Gasteiger partial charge on any atom is 0.243 e. The molecule has 10 heteroatoms. The van der Waals surface area contributed by atoms with Gasteiger partial charge in [-0.05, 0) is 60.2 Å². The highest BCUT2D eigenvalue weighted by Crippen LogP contribution is 2.31. The van der Waals surface area contributed by atoms with E-state index >= 15 is 0 Å². The Morgan fingerprint density at radius 1 is 1.21 bits per heavy atom. The molecule has 1 heterocycles. The van der Waals surface area contributed by atoms with Gasteiger partial charge in [0, 0.05) is 24.5 Å². The summed E-state index contributed by atoms with van der Waals surface area (Å²) in [6, 6.07) is 10.2. The highest BCUT2D eigenvalue weighted by atomic mass is 35.5. The molecule has 1 aliphatic heterocycles. The fourth-order valence-corrected chi connectivity index (χ4v) is 6.30. The number of carbonyl (C=O) groups is 3. The quantitative estimate of drug-likeness (QED) is 0.562. The lowest BCUT2D eigenvalue weighted by molar-refractivity contribution is -0.132. The Balaban J connectivity index is 1.51. The molecule has 2 amide bonds. The molecule has 2 aromatic carbocycles. The molecule has 180 valence electrons. The van der Waals surface area contributed by atoms with E-state index in [-0.39, 0.29) is 30.4 Å². The van der Waals surface area contributed by atoms with Gasteiger partial charge in [-0.3, -0.25) is 9.59 Å². The number of rotatable bonds is 7. The first kappa shape index (κ1) is 24.4. The average molecular weight is 504 g/mol. The number of nitrogens with one attached hydrogen (secondary N) is 2. The van der Waals surface area contributed by atoms with Crippen LogP contribution in [-0.2, 0) is 37.2 Å². The van der Waals surface area contributed by atoms with Crippen molar-refractivity contribution in [2.75, 3.05) is 13.1 Å². The average Bonchev–Trinajstić information content (AvgIpc) is 2.81. The summed E-state index contributed by atoms with van der Waals surface area (Å²) in [4.78, 5) is 36.4. The lowest BCUT2D eigenvalue weighted by atomic mass is 9.86. The van der Waals surface area contributed by atoms with Crippen LogP contribution < -0.4 is 10.6 Å². The number of halogens is 1.